The molecule has 4 aromatic rings. The topological polar surface area (TPSA) is 84.2 Å². The molecule has 0 saturated carbocycles. The zero-order valence-corrected chi connectivity index (χ0v) is 18.6. The Kier molecular flexibility index (Phi) is 5.96. The fourth-order valence-electron chi connectivity index (χ4n) is 3.01. The van der Waals surface area contributed by atoms with Crippen LogP contribution >= 0.6 is 33.9 Å². The third-order valence-corrected chi connectivity index (χ3v) is 5.98. The number of amides is 1. The van der Waals surface area contributed by atoms with Crippen LogP contribution in [0.4, 0.5) is 0 Å². The van der Waals surface area contributed by atoms with Crippen LogP contribution in [-0.2, 0) is 6.54 Å². The molecule has 0 atom stereocenters. The molecule has 2 N–H and O–H groups in total. The maximum absolute atomic E-state index is 12.8. The zero-order valence-electron chi connectivity index (χ0n) is 15.6. The van der Waals surface area contributed by atoms with E-state index in [1.54, 1.807) is 6.07 Å². The molecule has 0 aliphatic rings. The summed E-state index contributed by atoms with van der Waals surface area (Å²) >= 11 is 3.53. The predicted octanol–water partition coefficient (Wildman–Crippen LogP) is 4.83. The number of aromatic carboxylic acids is 1. The Morgan fingerprint density at radius 3 is 2.70 bits per heavy atom. The van der Waals surface area contributed by atoms with Gasteiger partial charge in [-0.3, -0.25) is 4.79 Å². The van der Waals surface area contributed by atoms with E-state index in [0.717, 1.165) is 20.4 Å². The molecule has 0 bridgehead atoms. The lowest BCUT2D eigenvalue weighted by Crippen LogP contribution is -2.25. The summed E-state index contributed by atoms with van der Waals surface area (Å²) in [6, 6.07) is 19.1. The van der Waals surface area contributed by atoms with Crippen LogP contribution in [0.25, 0.3) is 16.3 Å². The van der Waals surface area contributed by atoms with Crippen molar-refractivity contribution in [2.45, 2.75) is 6.54 Å². The van der Waals surface area contributed by atoms with Gasteiger partial charge in [-0.1, -0.05) is 24.3 Å². The van der Waals surface area contributed by atoms with Crippen LogP contribution in [0.3, 0.4) is 0 Å². The zero-order chi connectivity index (χ0) is 21.1. The summed E-state index contributed by atoms with van der Waals surface area (Å²) in [4.78, 5) is 28.0. The molecule has 0 radical (unpaired) electrons. The second-order valence-electron chi connectivity index (χ2n) is 6.47. The predicted molar refractivity (Wildman–Crippen MR) is 124 cm³/mol. The number of aromatic nitrogens is 2. The standard InChI is InChI=1S/C22H16IN3O3S/c23-16-6-2-7-17(11-16)26-9-3-8-19(26)20(27)24-12-14-4-1-5-15(10-14)21-25-18(13-30-21)22(28)29/h1-11,13H,12H2,(H,24,27)(H,28,29). The minimum atomic E-state index is -1.04. The van der Waals surface area contributed by atoms with Gasteiger partial charge < -0.3 is 15.0 Å². The van der Waals surface area contributed by atoms with Crippen molar-refractivity contribution in [2.75, 3.05) is 0 Å². The average Bonchev–Trinajstić information content (AvgIpc) is 3.42. The van der Waals surface area contributed by atoms with Gasteiger partial charge in [-0.05, 0) is 64.6 Å². The van der Waals surface area contributed by atoms with E-state index in [0.29, 0.717) is 17.2 Å². The molecule has 150 valence electrons. The van der Waals surface area contributed by atoms with Gasteiger partial charge in [-0.25, -0.2) is 9.78 Å². The van der Waals surface area contributed by atoms with Crippen molar-refractivity contribution >= 4 is 45.8 Å². The summed E-state index contributed by atoms with van der Waals surface area (Å²) in [7, 11) is 0. The molecule has 0 unspecified atom stereocenters. The summed E-state index contributed by atoms with van der Waals surface area (Å²) in [5.41, 5.74) is 3.24. The molecule has 0 aliphatic heterocycles. The number of nitrogens with zero attached hydrogens (tertiary/aromatic N) is 2. The van der Waals surface area contributed by atoms with E-state index in [-0.39, 0.29) is 11.6 Å². The number of carbonyl (C=O) groups excluding carboxylic acids is 1. The maximum atomic E-state index is 12.8. The van der Waals surface area contributed by atoms with Crippen molar-refractivity contribution in [1.29, 1.82) is 0 Å². The molecule has 1 amide bonds. The Morgan fingerprint density at radius 2 is 1.93 bits per heavy atom. The third kappa shape index (κ3) is 4.44. The van der Waals surface area contributed by atoms with Gasteiger partial charge in [0.2, 0.25) is 0 Å². The van der Waals surface area contributed by atoms with Gasteiger partial charge in [0.15, 0.2) is 5.69 Å². The van der Waals surface area contributed by atoms with E-state index in [1.165, 1.54) is 16.7 Å². The molecule has 0 spiro atoms. The number of carbonyl (C=O) groups is 2. The lowest BCUT2D eigenvalue weighted by molar-refractivity contribution is 0.0691. The lowest BCUT2D eigenvalue weighted by atomic mass is 10.1. The highest BCUT2D eigenvalue weighted by Crippen LogP contribution is 2.24. The van der Waals surface area contributed by atoms with Crippen LogP contribution in [0.15, 0.2) is 72.2 Å². The molecule has 0 fully saturated rings. The molecular weight excluding hydrogens is 513 g/mol. The minimum Gasteiger partial charge on any atom is -0.476 e. The Labute approximate surface area is 190 Å². The van der Waals surface area contributed by atoms with Crippen molar-refractivity contribution in [3.8, 4) is 16.3 Å². The normalized spacial score (nSPS) is 10.7. The number of halogens is 1. The van der Waals surface area contributed by atoms with Crippen LogP contribution in [0.2, 0.25) is 0 Å². The number of carboxylic acids is 1. The van der Waals surface area contributed by atoms with Crippen LogP contribution < -0.4 is 5.32 Å². The van der Waals surface area contributed by atoms with Crippen molar-refractivity contribution in [2.24, 2.45) is 0 Å². The van der Waals surface area contributed by atoms with Gasteiger partial charge in [0, 0.05) is 32.9 Å². The number of benzene rings is 2. The van der Waals surface area contributed by atoms with E-state index in [2.05, 4.69) is 32.9 Å². The van der Waals surface area contributed by atoms with Crippen molar-refractivity contribution in [3.63, 3.8) is 0 Å². The monoisotopic (exact) mass is 529 g/mol. The molecule has 6 nitrogen and oxygen atoms in total. The van der Waals surface area contributed by atoms with E-state index < -0.39 is 5.97 Å². The average molecular weight is 529 g/mol. The molecule has 2 aromatic carbocycles. The van der Waals surface area contributed by atoms with E-state index >= 15 is 0 Å². The van der Waals surface area contributed by atoms with Crippen LogP contribution in [-0.4, -0.2) is 26.5 Å². The molecule has 8 heteroatoms. The highest BCUT2D eigenvalue weighted by molar-refractivity contribution is 14.1. The van der Waals surface area contributed by atoms with Gasteiger partial charge in [0.05, 0.1) is 0 Å². The van der Waals surface area contributed by atoms with Crippen LogP contribution in [0, 0.1) is 3.57 Å². The molecule has 4 rings (SSSR count). The summed E-state index contributed by atoms with van der Waals surface area (Å²) in [5.74, 6) is -1.22. The fraction of sp³-hybridized carbons (Fsp3) is 0.0455. The van der Waals surface area contributed by atoms with Gasteiger partial charge in [0.25, 0.3) is 5.91 Å². The molecule has 30 heavy (non-hydrogen) atoms. The largest absolute Gasteiger partial charge is 0.476 e. The first-order valence-corrected chi connectivity index (χ1v) is 11.0. The SMILES string of the molecule is O=C(O)c1csc(-c2cccc(CNC(=O)c3cccn3-c3cccc(I)c3)c2)n1. The fourth-order valence-corrected chi connectivity index (χ4v) is 4.33. The minimum absolute atomic E-state index is 0.0324. The second-order valence-corrected chi connectivity index (χ2v) is 8.57. The maximum Gasteiger partial charge on any atom is 0.355 e. The first-order chi connectivity index (χ1) is 14.5. The molecule has 2 heterocycles. The van der Waals surface area contributed by atoms with E-state index in [1.807, 2.05) is 65.4 Å². The summed E-state index contributed by atoms with van der Waals surface area (Å²) in [6.45, 7) is 0.349. The van der Waals surface area contributed by atoms with Gasteiger partial charge in [-0.2, -0.15) is 0 Å². The number of nitrogens with one attached hydrogen (secondary N) is 1. The Morgan fingerprint density at radius 1 is 1.10 bits per heavy atom. The second kappa shape index (κ2) is 8.80. The molecular formula is C22H16IN3O3S. The number of rotatable bonds is 6. The third-order valence-electron chi connectivity index (χ3n) is 4.42. The van der Waals surface area contributed by atoms with E-state index in [9.17, 15) is 9.59 Å². The number of carboxylic acid groups (broad SMARTS) is 1. The highest BCUT2D eigenvalue weighted by Gasteiger charge is 2.13. The molecule has 0 saturated heterocycles. The van der Waals surface area contributed by atoms with Crippen molar-refractivity contribution < 1.29 is 14.7 Å². The summed E-state index contributed by atoms with van der Waals surface area (Å²) in [5, 5.41) is 14.2. The number of hydrogen-bond acceptors (Lipinski definition) is 4. The quantitative estimate of drug-likeness (QED) is 0.351. The highest BCUT2D eigenvalue weighted by atomic mass is 127. The smallest absolute Gasteiger partial charge is 0.355 e. The Bertz CT molecular complexity index is 1230. The van der Waals surface area contributed by atoms with Gasteiger partial charge >= 0.3 is 5.97 Å². The van der Waals surface area contributed by atoms with Crippen LogP contribution in [0.5, 0.6) is 0 Å². The lowest BCUT2D eigenvalue weighted by Gasteiger charge is -2.11. The molecule has 0 aliphatic carbocycles. The first kappa shape index (κ1) is 20.3. The molecule has 2 aromatic heterocycles. The van der Waals surface area contributed by atoms with Crippen molar-refractivity contribution in [3.05, 3.63) is 92.8 Å². The summed E-state index contributed by atoms with van der Waals surface area (Å²) < 4.78 is 2.95. The first-order valence-electron chi connectivity index (χ1n) is 9.01. The van der Waals surface area contributed by atoms with Gasteiger partial charge in [-0.15, -0.1) is 11.3 Å². The number of thiazole rings is 1. The Hall–Kier alpha value is -2.98. The summed E-state index contributed by atoms with van der Waals surface area (Å²) in [6.07, 6.45) is 1.86. The number of hydrogen-bond donors (Lipinski definition) is 2. The van der Waals surface area contributed by atoms with Gasteiger partial charge in [0.1, 0.15) is 10.7 Å². The Balaban J connectivity index is 1.49. The van der Waals surface area contributed by atoms with Crippen LogP contribution in [0.1, 0.15) is 26.5 Å². The van der Waals surface area contributed by atoms with E-state index in [4.69, 9.17) is 5.11 Å². The van der Waals surface area contributed by atoms with Crippen molar-refractivity contribution in [1.82, 2.24) is 14.9 Å².